The Bertz CT molecular complexity index is 374. The van der Waals surface area contributed by atoms with Gasteiger partial charge in [0.05, 0.1) is 19.4 Å². The van der Waals surface area contributed by atoms with E-state index in [1.165, 1.54) is 18.4 Å². The molecule has 1 aliphatic rings. The van der Waals surface area contributed by atoms with Gasteiger partial charge in [0.1, 0.15) is 5.76 Å². The van der Waals surface area contributed by atoms with Crippen LogP contribution in [-0.4, -0.2) is 24.5 Å². The van der Waals surface area contributed by atoms with Crippen LogP contribution < -0.4 is 5.32 Å². The third-order valence-electron chi connectivity index (χ3n) is 2.67. The molecule has 3 heteroatoms. The first-order chi connectivity index (χ1) is 7.78. The van der Waals surface area contributed by atoms with Gasteiger partial charge in [-0.2, -0.15) is 0 Å². The average Bonchev–Trinajstić information content (AvgIpc) is 2.98. The highest BCUT2D eigenvalue weighted by Gasteiger charge is 2.20. The molecule has 0 spiro atoms. The Labute approximate surface area is 96.8 Å². The third kappa shape index (κ3) is 3.41. The van der Waals surface area contributed by atoms with Crippen molar-refractivity contribution >= 4 is 0 Å². The number of rotatable bonds is 6. The Balaban J connectivity index is 1.79. The highest BCUT2D eigenvalue weighted by molar-refractivity contribution is 5.13. The minimum atomic E-state index is 0.649. The molecular formula is C13H18N2O. The van der Waals surface area contributed by atoms with Crippen molar-refractivity contribution in [2.24, 2.45) is 0 Å². The maximum atomic E-state index is 5.48. The second-order valence-electron chi connectivity index (χ2n) is 4.45. The van der Waals surface area contributed by atoms with Crippen LogP contribution in [0.5, 0.6) is 0 Å². The van der Waals surface area contributed by atoms with Gasteiger partial charge in [-0.1, -0.05) is 5.92 Å². The molecule has 0 atom stereocenters. The van der Waals surface area contributed by atoms with E-state index in [0.29, 0.717) is 6.54 Å². The molecule has 0 aliphatic heterocycles. The molecule has 0 radical (unpaired) electrons. The van der Waals surface area contributed by atoms with Crippen LogP contribution in [0.25, 0.3) is 0 Å². The number of terminal acetylenes is 1. The topological polar surface area (TPSA) is 28.4 Å². The molecule has 1 aromatic heterocycles. The van der Waals surface area contributed by atoms with Gasteiger partial charge in [0, 0.05) is 18.2 Å². The molecule has 86 valence electrons. The van der Waals surface area contributed by atoms with Crippen LogP contribution in [0.2, 0.25) is 0 Å². The van der Waals surface area contributed by atoms with Crippen LogP contribution in [0.15, 0.2) is 16.7 Å². The standard InChI is InChI=1S/C13H18N2O/c1-3-6-15(2)9-13-7-11(10-16-13)8-14-12-4-5-12/h1,7,10,12,14H,4-6,8-9H2,2H3. The van der Waals surface area contributed by atoms with E-state index in [2.05, 4.69) is 22.2 Å². The summed E-state index contributed by atoms with van der Waals surface area (Å²) in [6.45, 7) is 2.33. The predicted octanol–water partition coefficient (Wildman–Crippen LogP) is 1.60. The van der Waals surface area contributed by atoms with Gasteiger partial charge in [0.25, 0.3) is 0 Å². The lowest BCUT2D eigenvalue weighted by Gasteiger charge is -2.09. The van der Waals surface area contributed by atoms with E-state index in [9.17, 15) is 0 Å². The lowest BCUT2D eigenvalue weighted by molar-refractivity contribution is 0.326. The van der Waals surface area contributed by atoms with Crippen molar-refractivity contribution in [3.63, 3.8) is 0 Å². The van der Waals surface area contributed by atoms with E-state index in [4.69, 9.17) is 10.8 Å². The van der Waals surface area contributed by atoms with Gasteiger partial charge in [0.15, 0.2) is 0 Å². The summed E-state index contributed by atoms with van der Waals surface area (Å²) in [6, 6.07) is 2.84. The Morgan fingerprint density at radius 2 is 2.44 bits per heavy atom. The van der Waals surface area contributed by atoms with Crippen molar-refractivity contribution in [2.75, 3.05) is 13.6 Å². The number of hydrogen-bond donors (Lipinski definition) is 1. The second kappa shape index (κ2) is 5.20. The highest BCUT2D eigenvalue weighted by Crippen LogP contribution is 2.19. The largest absolute Gasteiger partial charge is 0.468 e. The Morgan fingerprint density at radius 1 is 1.62 bits per heavy atom. The van der Waals surface area contributed by atoms with Gasteiger partial charge < -0.3 is 9.73 Å². The van der Waals surface area contributed by atoms with Crippen molar-refractivity contribution in [2.45, 2.75) is 32.0 Å². The molecule has 1 fully saturated rings. The first kappa shape index (κ1) is 11.3. The van der Waals surface area contributed by atoms with E-state index in [0.717, 1.165) is 24.9 Å². The maximum absolute atomic E-state index is 5.48. The average molecular weight is 218 g/mol. The van der Waals surface area contributed by atoms with Crippen molar-refractivity contribution in [1.29, 1.82) is 0 Å². The zero-order valence-corrected chi connectivity index (χ0v) is 9.70. The van der Waals surface area contributed by atoms with Crippen molar-refractivity contribution in [3.05, 3.63) is 23.7 Å². The molecule has 0 saturated heterocycles. The van der Waals surface area contributed by atoms with Gasteiger partial charge in [0.2, 0.25) is 0 Å². The molecule has 2 rings (SSSR count). The van der Waals surface area contributed by atoms with Crippen LogP contribution in [-0.2, 0) is 13.1 Å². The van der Waals surface area contributed by atoms with Gasteiger partial charge in [-0.25, -0.2) is 0 Å². The summed E-state index contributed by atoms with van der Waals surface area (Å²) < 4.78 is 5.48. The summed E-state index contributed by atoms with van der Waals surface area (Å²) in [5, 5.41) is 3.46. The Hall–Kier alpha value is -1.24. The molecule has 1 N–H and O–H groups in total. The highest BCUT2D eigenvalue weighted by atomic mass is 16.3. The summed E-state index contributed by atoms with van der Waals surface area (Å²) in [5.41, 5.74) is 1.22. The maximum Gasteiger partial charge on any atom is 0.118 e. The minimum Gasteiger partial charge on any atom is -0.468 e. The van der Waals surface area contributed by atoms with Crippen molar-refractivity contribution < 1.29 is 4.42 Å². The molecule has 0 bridgehead atoms. The molecule has 0 amide bonds. The smallest absolute Gasteiger partial charge is 0.118 e. The summed E-state index contributed by atoms with van der Waals surface area (Å²) in [6.07, 6.45) is 9.70. The van der Waals surface area contributed by atoms with E-state index < -0.39 is 0 Å². The van der Waals surface area contributed by atoms with Crippen molar-refractivity contribution in [1.82, 2.24) is 10.2 Å². The Kier molecular flexibility index (Phi) is 3.66. The van der Waals surface area contributed by atoms with E-state index in [-0.39, 0.29) is 0 Å². The van der Waals surface area contributed by atoms with Crippen LogP contribution in [0.4, 0.5) is 0 Å². The van der Waals surface area contributed by atoms with Gasteiger partial charge >= 0.3 is 0 Å². The molecule has 3 nitrogen and oxygen atoms in total. The normalized spacial score (nSPS) is 15.3. The zero-order valence-electron chi connectivity index (χ0n) is 9.70. The van der Waals surface area contributed by atoms with Gasteiger partial charge in [-0.15, -0.1) is 6.42 Å². The Morgan fingerprint density at radius 3 is 3.12 bits per heavy atom. The number of furan rings is 1. The van der Waals surface area contributed by atoms with E-state index in [1.54, 1.807) is 0 Å². The summed E-state index contributed by atoms with van der Waals surface area (Å²) >= 11 is 0. The molecule has 0 unspecified atom stereocenters. The minimum absolute atomic E-state index is 0.649. The number of nitrogens with one attached hydrogen (secondary N) is 1. The number of nitrogens with zero attached hydrogens (tertiary/aromatic N) is 1. The quantitative estimate of drug-likeness (QED) is 0.735. The second-order valence-corrected chi connectivity index (χ2v) is 4.45. The van der Waals surface area contributed by atoms with Crippen LogP contribution in [0.3, 0.4) is 0 Å². The lowest BCUT2D eigenvalue weighted by atomic mass is 10.3. The molecule has 1 aliphatic carbocycles. The first-order valence-corrected chi connectivity index (χ1v) is 5.69. The zero-order chi connectivity index (χ0) is 11.4. The van der Waals surface area contributed by atoms with Crippen LogP contribution >= 0.6 is 0 Å². The molecule has 0 aromatic carbocycles. The monoisotopic (exact) mass is 218 g/mol. The van der Waals surface area contributed by atoms with E-state index in [1.807, 2.05) is 13.3 Å². The van der Waals surface area contributed by atoms with E-state index >= 15 is 0 Å². The molecule has 1 saturated carbocycles. The fourth-order valence-corrected chi connectivity index (χ4v) is 1.63. The fourth-order valence-electron chi connectivity index (χ4n) is 1.63. The van der Waals surface area contributed by atoms with Gasteiger partial charge in [-0.3, -0.25) is 4.90 Å². The predicted molar refractivity (Wildman–Crippen MR) is 63.7 cm³/mol. The van der Waals surface area contributed by atoms with Crippen LogP contribution in [0.1, 0.15) is 24.2 Å². The first-order valence-electron chi connectivity index (χ1n) is 5.69. The molecule has 1 heterocycles. The summed E-state index contributed by atoms with van der Waals surface area (Å²) in [4.78, 5) is 2.05. The fraction of sp³-hybridized carbons (Fsp3) is 0.538. The number of hydrogen-bond acceptors (Lipinski definition) is 3. The molecular weight excluding hydrogens is 200 g/mol. The SMILES string of the molecule is C#CCN(C)Cc1cc(CNC2CC2)co1. The third-order valence-corrected chi connectivity index (χ3v) is 2.67. The summed E-state index contributed by atoms with van der Waals surface area (Å²) in [7, 11) is 1.99. The van der Waals surface area contributed by atoms with Crippen molar-refractivity contribution in [3.8, 4) is 12.3 Å². The van der Waals surface area contributed by atoms with Gasteiger partial charge in [-0.05, 0) is 26.0 Å². The molecule has 1 aromatic rings. The summed E-state index contributed by atoms with van der Waals surface area (Å²) in [5.74, 6) is 3.59. The lowest BCUT2D eigenvalue weighted by Crippen LogP contribution is -2.17. The van der Waals surface area contributed by atoms with Crippen LogP contribution in [0, 0.1) is 12.3 Å². The molecule has 16 heavy (non-hydrogen) atoms.